The number of benzene rings is 2. The van der Waals surface area contributed by atoms with Crippen LogP contribution in [0.5, 0.6) is 0 Å². The maximum atomic E-state index is 13.4. The zero-order valence-electron chi connectivity index (χ0n) is 18.2. The Morgan fingerprint density at radius 1 is 0.903 bits per heavy atom. The van der Waals surface area contributed by atoms with Crippen LogP contribution in [0.25, 0.3) is 0 Å². The monoisotopic (exact) mass is 421 g/mol. The molecule has 1 fully saturated rings. The van der Waals surface area contributed by atoms with Gasteiger partial charge >= 0.3 is 0 Å². The molecule has 3 rings (SSSR count). The summed E-state index contributed by atoms with van der Waals surface area (Å²) in [5, 5.41) is 3.02. The lowest BCUT2D eigenvalue weighted by Crippen LogP contribution is -2.54. The maximum Gasteiger partial charge on any atom is 0.245 e. The molecule has 31 heavy (non-hydrogen) atoms. The molecule has 1 atom stereocenters. The van der Waals surface area contributed by atoms with E-state index in [-0.39, 0.29) is 29.6 Å². The SMILES string of the molecule is CC(C)[C@H](NC(=O)C(c1ccccc1)c1ccccc1)C(=O)N1CCC(C(N)=O)CC1. The minimum absolute atomic E-state index is 0.0717. The van der Waals surface area contributed by atoms with Gasteiger partial charge in [-0.25, -0.2) is 0 Å². The quantitative estimate of drug-likeness (QED) is 0.720. The number of nitrogens with one attached hydrogen (secondary N) is 1. The first-order valence-electron chi connectivity index (χ1n) is 10.9. The van der Waals surface area contributed by atoms with Gasteiger partial charge in [0.2, 0.25) is 17.7 Å². The molecule has 0 bridgehead atoms. The van der Waals surface area contributed by atoms with Crippen LogP contribution in [0.15, 0.2) is 60.7 Å². The molecule has 0 aliphatic carbocycles. The summed E-state index contributed by atoms with van der Waals surface area (Å²) in [6.07, 6.45) is 1.13. The van der Waals surface area contributed by atoms with Crippen molar-refractivity contribution in [1.29, 1.82) is 0 Å². The first-order valence-corrected chi connectivity index (χ1v) is 10.9. The molecule has 0 radical (unpaired) electrons. The van der Waals surface area contributed by atoms with Crippen molar-refractivity contribution in [2.45, 2.75) is 38.6 Å². The summed E-state index contributed by atoms with van der Waals surface area (Å²) in [6.45, 7) is 4.82. The van der Waals surface area contributed by atoms with Gasteiger partial charge in [0, 0.05) is 19.0 Å². The number of nitrogens with two attached hydrogens (primary N) is 1. The molecule has 1 aliphatic rings. The highest BCUT2D eigenvalue weighted by Crippen LogP contribution is 2.26. The predicted molar refractivity (Wildman–Crippen MR) is 120 cm³/mol. The largest absolute Gasteiger partial charge is 0.369 e. The van der Waals surface area contributed by atoms with Crippen LogP contribution in [0, 0.1) is 11.8 Å². The minimum Gasteiger partial charge on any atom is -0.369 e. The second-order valence-electron chi connectivity index (χ2n) is 8.49. The van der Waals surface area contributed by atoms with Crippen molar-refractivity contribution < 1.29 is 14.4 Å². The van der Waals surface area contributed by atoms with Crippen LogP contribution in [0.1, 0.15) is 43.7 Å². The molecular weight excluding hydrogens is 390 g/mol. The molecule has 3 amide bonds. The van der Waals surface area contributed by atoms with E-state index in [1.165, 1.54) is 0 Å². The fraction of sp³-hybridized carbons (Fsp3) is 0.400. The fourth-order valence-electron chi connectivity index (χ4n) is 4.12. The second kappa shape index (κ2) is 10.2. The van der Waals surface area contributed by atoms with Crippen LogP contribution >= 0.6 is 0 Å². The van der Waals surface area contributed by atoms with Gasteiger partial charge in [-0.3, -0.25) is 14.4 Å². The van der Waals surface area contributed by atoms with Crippen molar-refractivity contribution in [3.8, 4) is 0 Å². The molecule has 164 valence electrons. The van der Waals surface area contributed by atoms with Crippen molar-refractivity contribution in [2.75, 3.05) is 13.1 Å². The number of hydrogen-bond donors (Lipinski definition) is 2. The van der Waals surface area contributed by atoms with E-state index in [2.05, 4.69) is 5.32 Å². The average Bonchev–Trinajstić information content (AvgIpc) is 2.78. The van der Waals surface area contributed by atoms with Gasteiger partial charge in [0.05, 0.1) is 5.92 Å². The highest BCUT2D eigenvalue weighted by atomic mass is 16.2. The molecule has 6 heteroatoms. The lowest BCUT2D eigenvalue weighted by Gasteiger charge is -2.35. The van der Waals surface area contributed by atoms with Gasteiger partial charge in [0.15, 0.2) is 0 Å². The Balaban J connectivity index is 1.78. The highest BCUT2D eigenvalue weighted by Gasteiger charge is 2.34. The van der Waals surface area contributed by atoms with Gasteiger partial charge in [0.1, 0.15) is 6.04 Å². The van der Waals surface area contributed by atoms with Gasteiger partial charge < -0.3 is 16.0 Å². The summed E-state index contributed by atoms with van der Waals surface area (Å²) in [6, 6.07) is 18.6. The topological polar surface area (TPSA) is 92.5 Å². The van der Waals surface area contributed by atoms with Gasteiger partial charge in [-0.15, -0.1) is 0 Å². The Hall–Kier alpha value is -3.15. The lowest BCUT2D eigenvalue weighted by molar-refractivity contribution is -0.140. The summed E-state index contributed by atoms with van der Waals surface area (Å²) in [4.78, 5) is 39.9. The molecule has 0 aromatic heterocycles. The predicted octanol–water partition coefficient (Wildman–Crippen LogP) is 2.68. The zero-order chi connectivity index (χ0) is 22.4. The number of hydrogen-bond acceptors (Lipinski definition) is 3. The molecule has 6 nitrogen and oxygen atoms in total. The summed E-state index contributed by atoms with van der Waals surface area (Å²) in [5.74, 6) is -1.37. The van der Waals surface area contributed by atoms with Crippen LogP contribution in [0.4, 0.5) is 0 Å². The van der Waals surface area contributed by atoms with E-state index in [0.717, 1.165) is 11.1 Å². The van der Waals surface area contributed by atoms with Crippen molar-refractivity contribution in [1.82, 2.24) is 10.2 Å². The molecule has 0 saturated carbocycles. The van der Waals surface area contributed by atoms with E-state index in [1.54, 1.807) is 4.90 Å². The first kappa shape index (κ1) is 22.5. The molecule has 1 saturated heterocycles. The molecule has 1 aliphatic heterocycles. The highest BCUT2D eigenvalue weighted by molar-refractivity contribution is 5.92. The number of piperidine rings is 1. The van der Waals surface area contributed by atoms with E-state index >= 15 is 0 Å². The molecule has 2 aromatic rings. The van der Waals surface area contributed by atoms with Gasteiger partial charge in [-0.2, -0.15) is 0 Å². The number of carbonyl (C=O) groups excluding carboxylic acids is 3. The molecule has 0 spiro atoms. The van der Waals surface area contributed by atoms with Crippen LogP contribution in [0.3, 0.4) is 0 Å². The number of primary amides is 1. The Labute approximate surface area is 183 Å². The van der Waals surface area contributed by atoms with Crippen LogP contribution in [0.2, 0.25) is 0 Å². The Kier molecular flexibility index (Phi) is 7.45. The van der Waals surface area contributed by atoms with E-state index in [4.69, 9.17) is 5.73 Å². The van der Waals surface area contributed by atoms with Gasteiger partial charge in [0.25, 0.3) is 0 Å². The Morgan fingerprint density at radius 2 is 1.39 bits per heavy atom. The van der Waals surface area contributed by atoms with Crippen molar-refractivity contribution in [3.63, 3.8) is 0 Å². The standard InChI is InChI=1S/C25H31N3O3/c1-17(2)22(25(31)28-15-13-20(14-16-28)23(26)29)27-24(30)21(18-9-5-3-6-10-18)19-11-7-4-8-12-19/h3-12,17,20-22H,13-16H2,1-2H3,(H2,26,29)(H,27,30)/t22-/m0/s1. The van der Waals surface area contributed by atoms with Crippen LogP contribution in [-0.4, -0.2) is 41.8 Å². The van der Waals surface area contributed by atoms with Crippen LogP contribution in [-0.2, 0) is 14.4 Å². The molecule has 1 heterocycles. The average molecular weight is 422 g/mol. The zero-order valence-corrected chi connectivity index (χ0v) is 18.2. The van der Waals surface area contributed by atoms with Gasteiger partial charge in [-0.05, 0) is 29.9 Å². The summed E-state index contributed by atoms with van der Waals surface area (Å²) in [7, 11) is 0. The van der Waals surface area contributed by atoms with E-state index < -0.39 is 12.0 Å². The maximum absolute atomic E-state index is 13.4. The smallest absolute Gasteiger partial charge is 0.245 e. The van der Waals surface area contributed by atoms with E-state index in [1.807, 2.05) is 74.5 Å². The Morgan fingerprint density at radius 3 is 1.81 bits per heavy atom. The second-order valence-corrected chi connectivity index (χ2v) is 8.49. The third-order valence-electron chi connectivity index (χ3n) is 5.97. The minimum atomic E-state index is -0.632. The molecule has 3 N–H and O–H groups in total. The van der Waals surface area contributed by atoms with Crippen molar-refractivity contribution in [3.05, 3.63) is 71.8 Å². The van der Waals surface area contributed by atoms with E-state index in [9.17, 15) is 14.4 Å². The molecule has 0 unspecified atom stereocenters. The number of nitrogens with zero attached hydrogens (tertiary/aromatic N) is 1. The lowest BCUT2D eigenvalue weighted by atomic mass is 9.89. The fourth-order valence-corrected chi connectivity index (χ4v) is 4.12. The number of carbonyl (C=O) groups is 3. The van der Waals surface area contributed by atoms with Gasteiger partial charge in [-0.1, -0.05) is 74.5 Å². The normalized spacial score (nSPS) is 15.7. The van der Waals surface area contributed by atoms with E-state index in [0.29, 0.717) is 25.9 Å². The third-order valence-corrected chi connectivity index (χ3v) is 5.97. The summed E-state index contributed by atoms with van der Waals surface area (Å²) >= 11 is 0. The number of amides is 3. The van der Waals surface area contributed by atoms with Crippen LogP contribution < -0.4 is 11.1 Å². The van der Waals surface area contributed by atoms with Crippen molar-refractivity contribution in [2.24, 2.45) is 17.6 Å². The summed E-state index contributed by atoms with van der Waals surface area (Å²) in [5.41, 5.74) is 7.16. The first-order chi connectivity index (χ1) is 14.9. The summed E-state index contributed by atoms with van der Waals surface area (Å²) < 4.78 is 0. The third kappa shape index (κ3) is 5.51. The Bertz CT molecular complexity index is 851. The van der Waals surface area contributed by atoms with Crippen molar-refractivity contribution >= 4 is 17.7 Å². The molecular formula is C25H31N3O3. The number of rotatable bonds is 7. The molecule has 2 aromatic carbocycles. The number of likely N-dealkylation sites (tertiary alicyclic amines) is 1.